The van der Waals surface area contributed by atoms with Crippen LogP contribution in [-0.4, -0.2) is 53.5 Å². The number of carbonyl (C=O) groups is 1. The summed E-state index contributed by atoms with van der Waals surface area (Å²) in [6.07, 6.45) is 9.20. The molecular formula is C24H37N3O. The molecule has 3 fully saturated rings. The maximum atomic E-state index is 13.3. The van der Waals surface area contributed by atoms with Gasteiger partial charge in [-0.2, -0.15) is 0 Å². The Balaban J connectivity index is 1.35. The highest BCUT2D eigenvalue weighted by molar-refractivity contribution is 5.77. The Kier molecular flexibility index (Phi) is 6.69. The third-order valence-corrected chi connectivity index (χ3v) is 6.99. The van der Waals surface area contributed by atoms with Gasteiger partial charge in [0, 0.05) is 44.2 Å². The number of carbonyl (C=O) groups excluding carboxylic acids is 1. The molecule has 3 unspecified atom stereocenters. The first kappa shape index (κ1) is 19.9. The molecule has 3 heterocycles. The second-order valence-electron chi connectivity index (χ2n) is 9.28. The van der Waals surface area contributed by atoms with Crippen molar-refractivity contribution in [3.05, 3.63) is 35.9 Å². The molecule has 4 rings (SSSR count). The first-order valence-electron chi connectivity index (χ1n) is 11.5. The monoisotopic (exact) mass is 383 g/mol. The van der Waals surface area contributed by atoms with Crippen LogP contribution in [0, 0.1) is 5.92 Å². The van der Waals surface area contributed by atoms with E-state index in [1.54, 1.807) is 0 Å². The molecule has 2 bridgehead atoms. The summed E-state index contributed by atoms with van der Waals surface area (Å²) < 4.78 is 0. The third-order valence-electron chi connectivity index (χ3n) is 6.99. The molecule has 28 heavy (non-hydrogen) atoms. The lowest BCUT2D eigenvalue weighted by atomic mass is 9.89. The van der Waals surface area contributed by atoms with Crippen LogP contribution in [0.5, 0.6) is 0 Å². The summed E-state index contributed by atoms with van der Waals surface area (Å²) in [4.78, 5) is 18.1. The molecule has 3 atom stereocenters. The number of hydrogen-bond donors (Lipinski definition) is 1. The van der Waals surface area contributed by atoms with Gasteiger partial charge in [0.05, 0.1) is 0 Å². The number of likely N-dealkylation sites (tertiary alicyclic amines) is 1. The van der Waals surface area contributed by atoms with Crippen molar-refractivity contribution >= 4 is 5.91 Å². The van der Waals surface area contributed by atoms with Gasteiger partial charge in [-0.05, 0) is 63.0 Å². The van der Waals surface area contributed by atoms with Crippen molar-refractivity contribution in [2.24, 2.45) is 5.92 Å². The summed E-state index contributed by atoms with van der Waals surface area (Å²) in [7, 11) is 0. The van der Waals surface area contributed by atoms with Crippen LogP contribution in [0.1, 0.15) is 63.9 Å². The second kappa shape index (κ2) is 9.41. The van der Waals surface area contributed by atoms with Crippen LogP contribution >= 0.6 is 0 Å². The fraction of sp³-hybridized carbons (Fsp3) is 0.708. The van der Waals surface area contributed by atoms with E-state index in [-0.39, 0.29) is 0 Å². The average molecular weight is 384 g/mol. The smallest absolute Gasteiger partial charge is 0.223 e. The molecule has 3 aliphatic heterocycles. The van der Waals surface area contributed by atoms with Crippen LogP contribution in [0.25, 0.3) is 0 Å². The molecule has 1 N–H and O–H groups in total. The fourth-order valence-electron chi connectivity index (χ4n) is 5.73. The van der Waals surface area contributed by atoms with Gasteiger partial charge in [0.1, 0.15) is 0 Å². The number of fused-ring (bicyclic) bond motifs is 2. The maximum absolute atomic E-state index is 13.3. The normalized spacial score (nSPS) is 30.3. The maximum Gasteiger partial charge on any atom is 0.223 e. The van der Waals surface area contributed by atoms with Crippen molar-refractivity contribution in [2.75, 3.05) is 19.6 Å². The molecular weight excluding hydrogens is 346 g/mol. The van der Waals surface area contributed by atoms with Gasteiger partial charge in [-0.1, -0.05) is 37.3 Å². The molecule has 0 radical (unpaired) electrons. The van der Waals surface area contributed by atoms with Crippen molar-refractivity contribution < 1.29 is 4.79 Å². The zero-order valence-electron chi connectivity index (χ0n) is 17.5. The van der Waals surface area contributed by atoms with Crippen molar-refractivity contribution in [1.82, 2.24) is 15.1 Å². The zero-order chi connectivity index (χ0) is 19.3. The number of nitrogens with one attached hydrogen (secondary N) is 1. The van der Waals surface area contributed by atoms with Gasteiger partial charge < -0.3 is 10.2 Å². The number of benzene rings is 1. The van der Waals surface area contributed by atoms with Gasteiger partial charge in [0.25, 0.3) is 0 Å². The topological polar surface area (TPSA) is 35.6 Å². The van der Waals surface area contributed by atoms with E-state index in [2.05, 4.69) is 52.4 Å². The van der Waals surface area contributed by atoms with Gasteiger partial charge >= 0.3 is 0 Å². The second-order valence-corrected chi connectivity index (χ2v) is 9.28. The number of amides is 1. The molecule has 0 spiro atoms. The molecule has 3 saturated heterocycles. The predicted octanol–water partition coefficient (Wildman–Crippen LogP) is 3.81. The Morgan fingerprint density at radius 2 is 1.89 bits per heavy atom. The fourth-order valence-corrected chi connectivity index (χ4v) is 5.73. The molecule has 154 valence electrons. The molecule has 0 saturated carbocycles. The summed E-state index contributed by atoms with van der Waals surface area (Å²) >= 11 is 0. The van der Waals surface area contributed by atoms with Crippen LogP contribution in [0.15, 0.2) is 30.3 Å². The van der Waals surface area contributed by atoms with Crippen LogP contribution in [0.2, 0.25) is 0 Å². The Labute approximate surface area is 170 Å². The molecule has 4 heteroatoms. The highest BCUT2D eigenvalue weighted by Crippen LogP contribution is 2.33. The number of rotatable bonds is 7. The lowest BCUT2D eigenvalue weighted by Gasteiger charge is -2.40. The predicted molar refractivity (Wildman–Crippen MR) is 114 cm³/mol. The zero-order valence-corrected chi connectivity index (χ0v) is 17.5. The van der Waals surface area contributed by atoms with Gasteiger partial charge in [0.15, 0.2) is 0 Å². The van der Waals surface area contributed by atoms with Gasteiger partial charge in [0.2, 0.25) is 5.91 Å². The van der Waals surface area contributed by atoms with E-state index >= 15 is 0 Å². The lowest BCUT2D eigenvalue weighted by Crippen LogP contribution is -2.51. The van der Waals surface area contributed by atoms with E-state index in [0.717, 1.165) is 45.4 Å². The Bertz CT molecular complexity index is 622. The van der Waals surface area contributed by atoms with E-state index in [4.69, 9.17) is 0 Å². The first-order valence-corrected chi connectivity index (χ1v) is 11.5. The third kappa shape index (κ3) is 4.96. The number of piperidine rings is 2. The van der Waals surface area contributed by atoms with E-state index in [1.165, 1.54) is 37.7 Å². The van der Waals surface area contributed by atoms with E-state index < -0.39 is 0 Å². The van der Waals surface area contributed by atoms with Crippen LogP contribution in [-0.2, 0) is 11.3 Å². The minimum absolute atomic E-state index is 0.392. The summed E-state index contributed by atoms with van der Waals surface area (Å²) in [5, 5.41) is 3.71. The first-order chi connectivity index (χ1) is 13.7. The lowest BCUT2D eigenvalue weighted by molar-refractivity contribution is -0.136. The van der Waals surface area contributed by atoms with Crippen molar-refractivity contribution in [1.29, 1.82) is 0 Å². The van der Waals surface area contributed by atoms with Gasteiger partial charge in [-0.25, -0.2) is 0 Å². The summed E-state index contributed by atoms with van der Waals surface area (Å²) in [5.41, 5.74) is 1.38. The number of hydrogen-bond acceptors (Lipinski definition) is 3. The van der Waals surface area contributed by atoms with Crippen LogP contribution in [0.4, 0.5) is 0 Å². The minimum atomic E-state index is 0.392. The van der Waals surface area contributed by atoms with E-state index in [0.29, 0.717) is 30.0 Å². The molecule has 0 aromatic heterocycles. The molecule has 1 aromatic carbocycles. The highest BCUT2D eigenvalue weighted by Gasteiger charge is 2.36. The Hall–Kier alpha value is -1.39. The van der Waals surface area contributed by atoms with Crippen molar-refractivity contribution in [2.45, 2.75) is 83.0 Å². The van der Waals surface area contributed by atoms with Crippen molar-refractivity contribution in [3.63, 3.8) is 0 Å². The average Bonchev–Trinajstić information content (AvgIpc) is 3.05. The van der Waals surface area contributed by atoms with Gasteiger partial charge in [-0.15, -0.1) is 0 Å². The SMILES string of the molecule is CCCN(C(=O)CC1CC2CCC(C1)N2)C1CCCN(Cc2ccccc2)C1. The molecule has 0 aliphatic carbocycles. The van der Waals surface area contributed by atoms with Gasteiger partial charge in [-0.3, -0.25) is 9.69 Å². The molecule has 3 aliphatic rings. The largest absolute Gasteiger partial charge is 0.338 e. The molecule has 1 aromatic rings. The number of nitrogens with zero attached hydrogens (tertiary/aromatic N) is 2. The summed E-state index contributed by atoms with van der Waals surface area (Å²) in [5.74, 6) is 1.01. The van der Waals surface area contributed by atoms with Crippen LogP contribution in [0.3, 0.4) is 0 Å². The highest BCUT2D eigenvalue weighted by atomic mass is 16.2. The standard InChI is InChI=1S/C24H37N3O/c1-2-12-27(24(28)16-20-14-21-10-11-22(15-20)25-21)23-9-6-13-26(18-23)17-19-7-4-3-5-8-19/h3-5,7-8,20-23,25H,2,6,9-18H2,1H3. The molecule has 4 nitrogen and oxygen atoms in total. The van der Waals surface area contributed by atoms with Crippen molar-refractivity contribution in [3.8, 4) is 0 Å². The molecule has 1 amide bonds. The van der Waals surface area contributed by atoms with E-state index in [9.17, 15) is 4.79 Å². The van der Waals surface area contributed by atoms with Crippen LogP contribution < -0.4 is 5.32 Å². The summed E-state index contributed by atoms with van der Waals surface area (Å²) in [6, 6.07) is 12.5. The summed E-state index contributed by atoms with van der Waals surface area (Å²) in [6.45, 7) is 6.30. The quantitative estimate of drug-likeness (QED) is 0.778. The Morgan fingerprint density at radius 3 is 2.61 bits per heavy atom. The van der Waals surface area contributed by atoms with E-state index in [1.807, 2.05) is 0 Å². The Morgan fingerprint density at radius 1 is 1.14 bits per heavy atom. The minimum Gasteiger partial charge on any atom is -0.338 e.